The van der Waals surface area contributed by atoms with Crippen LogP contribution in [-0.2, 0) is 4.79 Å². The zero-order valence-electron chi connectivity index (χ0n) is 13.2. The molecule has 3 rings (SSSR count). The highest BCUT2D eigenvalue weighted by molar-refractivity contribution is 5.92. The molecule has 3 N–H and O–H groups in total. The third-order valence-electron chi connectivity index (χ3n) is 4.62. The molecule has 0 unspecified atom stereocenters. The third kappa shape index (κ3) is 3.72. The van der Waals surface area contributed by atoms with E-state index >= 15 is 0 Å². The number of urea groups is 1. The monoisotopic (exact) mass is 317 g/mol. The predicted octanol–water partition coefficient (Wildman–Crippen LogP) is 1.41. The first-order chi connectivity index (χ1) is 11.1. The van der Waals surface area contributed by atoms with Crippen LogP contribution >= 0.6 is 0 Å². The summed E-state index contributed by atoms with van der Waals surface area (Å²) in [5, 5.41) is 2.92. The molecule has 2 saturated heterocycles. The molecule has 0 spiro atoms. The van der Waals surface area contributed by atoms with E-state index in [1.165, 1.54) is 12.8 Å². The number of nitrogens with two attached hydrogens (primary N) is 1. The van der Waals surface area contributed by atoms with Crippen LogP contribution in [0.2, 0.25) is 0 Å². The minimum atomic E-state index is -0.412. The number of piperidine rings is 1. The number of nitrogens with one attached hydrogen (secondary N) is 1. The first-order valence-electron chi connectivity index (χ1n) is 8.20. The van der Waals surface area contributed by atoms with Crippen LogP contribution in [0.15, 0.2) is 18.3 Å². The minimum Gasteiger partial charge on any atom is -0.357 e. The summed E-state index contributed by atoms with van der Waals surface area (Å²) >= 11 is 0. The van der Waals surface area contributed by atoms with Gasteiger partial charge in [0.05, 0.1) is 11.9 Å². The van der Waals surface area contributed by atoms with Crippen molar-refractivity contribution in [3.8, 4) is 0 Å². The van der Waals surface area contributed by atoms with E-state index in [-0.39, 0.29) is 11.8 Å². The zero-order chi connectivity index (χ0) is 16.2. The molecular weight excluding hydrogens is 294 g/mol. The second kappa shape index (κ2) is 6.85. The molecule has 1 aromatic heterocycles. The Morgan fingerprint density at radius 1 is 1.13 bits per heavy atom. The highest BCUT2D eigenvalue weighted by Gasteiger charge is 2.26. The van der Waals surface area contributed by atoms with E-state index in [1.807, 2.05) is 12.1 Å². The van der Waals surface area contributed by atoms with Gasteiger partial charge in [-0.2, -0.15) is 0 Å². The largest absolute Gasteiger partial charge is 0.357 e. The Balaban J connectivity index is 1.52. The molecule has 0 bridgehead atoms. The van der Waals surface area contributed by atoms with Gasteiger partial charge in [-0.15, -0.1) is 0 Å². The van der Waals surface area contributed by atoms with Crippen molar-refractivity contribution in [1.29, 1.82) is 0 Å². The van der Waals surface area contributed by atoms with Crippen LogP contribution < -0.4 is 16.0 Å². The van der Waals surface area contributed by atoms with E-state index in [0.717, 1.165) is 24.6 Å². The first kappa shape index (κ1) is 15.6. The fourth-order valence-corrected chi connectivity index (χ4v) is 3.20. The number of hydrogen-bond acceptors (Lipinski definition) is 4. The van der Waals surface area contributed by atoms with Crippen molar-refractivity contribution in [2.24, 2.45) is 11.7 Å². The molecule has 124 valence electrons. The van der Waals surface area contributed by atoms with Crippen LogP contribution in [0.5, 0.6) is 0 Å². The molecule has 0 saturated carbocycles. The average Bonchev–Trinajstić information content (AvgIpc) is 3.10. The maximum atomic E-state index is 12.3. The van der Waals surface area contributed by atoms with Crippen molar-refractivity contribution in [3.63, 3.8) is 0 Å². The van der Waals surface area contributed by atoms with Gasteiger partial charge in [0, 0.05) is 32.1 Å². The SMILES string of the molecule is NC(=O)N1CCC(C(=O)Nc2ccc(N3CCCC3)nc2)CC1. The maximum Gasteiger partial charge on any atom is 0.314 e. The number of nitrogens with zero attached hydrogens (tertiary/aromatic N) is 3. The summed E-state index contributed by atoms with van der Waals surface area (Å²) in [6.45, 7) is 3.19. The molecule has 1 aromatic rings. The lowest BCUT2D eigenvalue weighted by Crippen LogP contribution is -2.43. The molecule has 0 aromatic carbocycles. The highest BCUT2D eigenvalue weighted by atomic mass is 16.2. The highest BCUT2D eigenvalue weighted by Crippen LogP contribution is 2.21. The topological polar surface area (TPSA) is 91.6 Å². The Labute approximate surface area is 135 Å². The predicted molar refractivity (Wildman–Crippen MR) is 88.2 cm³/mol. The number of aromatic nitrogens is 1. The number of primary amides is 1. The van der Waals surface area contributed by atoms with E-state index in [2.05, 4.69) is 15.2 Å². The molecule has 2 aliphatic heterocycles. The second-order valence-corrected chi connectivity index (χ2v) is 6.19. The molecule has 3 amide bonds. The fraction of sp³-hybridized carbons (Fsp3) is 0.562. The molecule has 0 atom stereocenters. The van der Waals surface area contributed by atoms with E-state index < -0.39 is 6.03 Å². The van der Waals surface area contributed by atoms with E-state index in [4.69, 9.17) is 5.73 Å². The first-order valence-corrected chi connectivity index (χ1v) is 8.20. The van der Waals surface area contributed by atoms with Gasteiger partial charge in [-0.3, -0.25) is 4.79 Å². The molecule has 2 aliphatic rings. The Kier molecular flexibility index (Phi) is 4.64. The molecule has 3 heterocycles. The molecular formula is C16H23N5O2. The van der Waals surface area contributed by atoms with Crippen LogP contribution in [0, 0.1) is 5.92 Å². The van der Waals surface area contributed by atoms with Crippen molar-refractivity contribution in [3.05, 3.63) is 18.3 Å². The van der Waals surface area contributed by atoms with Crippen LogP contribution in [0.4, 0.5) is 16.3 Å². The number of likely N-dealkylation sites (tertiary alicyclic amines) is 1. The van der Waals surface area contributed by atoms with Gasteiger partial charge in [0.2, 0.25) is 5.91 Å². The van der Waals surface area contributed by atoms with Crippen molar-refractivity contribution in [1.82, 2.24) is 9.88 Å². The van der Waals surface area contributed by atoms with E-state index in [9.17, 15) is 9.59 Å². The van der Waals surface area contributed by atoms with Gasteiger partial charge < -0.3 is 20.9 Å². The summed E-state index contributed by atoms with van der Waals surface area (Å²) in [5.41, 5.74) is 5.97. The lowest BCUT2D eigenvalue weighted by molar-refractivity contribution is -0.121. The number of rotatable bonds is 3. The van der Waals surface area contributed by atoms with Gasteiger partial charge in [-0.25, -0.2) is 9.78 Å². The number of amides is 3. The number of hydrogen-bond donors (Lipinski definition) is 2. The summed E-state index contributed by atoms with van der Waals surface area (Å²) in [7, 11) is 0. The summed E-state index contributed by atoms with van der Waals surface area (Å²) in [6, 6.07) is 3.44. The molecule has 0 radical (unpaired) electrons. The standard InChI is InChI=1S/C16H23N5O2/c17-16(23)21-9-5-12(6-10-21)15(22)19-13-3-4-14(18-11-13)20-7-1-2-8-20/h3-4,11-12H,1-2,5-10H2,(H2,17,23)(H,19,22). The van der Waals surface area contributed by atoms with Crippen molar-refractivity contribution >= 4 is 23.4 Å². The van der Waals surface area contributed by atoms with Gasteiger partial charge in [-0.05, 0) is 37.8 Å². The van der Waals surface area contributed by atoms with Crippen LogP contribution in [0.3, 0.4) is 0 Å². The maximum absolute atomic E-state index is 12.3. The zero-order valence-corrected chi connectivity index (χ0v) is 13.2. The number of pyridine rings is 1. The molecule has 0 aliphatic carbocycles. The third-order valence-corrected chi connectivity index (χ3v) is 4.62. The van der Waals surface area contributed by atoms with E-state index in [1.54, 1.807) is 11.1 Å². The molecule has 7 nitrogen and oxygen atoms in total. The van der Waals surface area contributed by atoms with Crippen LogP contribution in [0.25, 0.3) is 0 Å². The quantitative estimate of drug-likeness (QED) is 0.882. The van der Waals surface area contributed by atoms with Crippen molar-refractivity contribution < 1.29 is 9.59 Å². The molecule has 7 heteroatoms. The van der Waals surface area contributed by atoms with Gasteiger partial charge >= 0.3 is 6.03 Å². The smallest absolute Gasteiger partial charge is 0.314 e. The Morgan fingerprint density at radius 2 is 1.83 bits per heavy atom. The van der Waals surface area contributed by atoms with Gasteiger partial charge in [0.25, 0.3) is 0 Å². The lowest BCUT2D eigenvalue weighted by Gasteiger charge is -2.29. The normalized spacial score (nSPS) is 19.0. The minimum absolute atomic E-state index is 0.00940. The average molecular weight is 317 g/mol. The van der Waals surface area contributed by atoms with Crippen LogP contribution in [-0.4, -0.2) is 48.0 Å². The Bertz CT molecular complexity index is 560. The van der Waals surface area contributed by atoms with Gasteiger partial charge in [0.1, 0.15) is 5.82 Å². The van der Waals surface area contributed by atoms with Gasteiger partial charge in [0.15, 0.2) is 0 Å². The van der Waals surface area contributed by atoms with Crippen molar-refractivity contribution in [2.45, 2.75) is 25.7 Å². The summed E-state index contributed by atoms with van der Waals surface area (Å²) in [5.74, 6) is 0.879. The number of carbonyl (C=O) groups excluding carboxylic acids is 2. The van der Waals surface area contributed by atoms with Crippen molar-refractivity contribution in [2.75, 3.05) is 36.4 Å². The summed E-state index contributed by atoms with van der Waals surface area (Å²) in [6.07, 6.45) is 5.43. The Morgan fingerprint density at radius 3 is 2.39 bits per heavy atom. The molecule has 23 heavy (non-hydrogen) atoms. The second-order valence-electron chi connectivity index (χ2n) is 6.19. The lowest BCUT2D eigenvalue weighted by atomic mass is 9.96. The number of carbonyl (C=O) groups is 2. The summed E-state index contributed by atoms with van der Waals surface area (Å²) in [4.78, 5) is 31.7. The molecule has 2 fully saturated rings. The fourth-order valence-electron chi connectivity index (χ4n) is 3.20. The van der Waals surface area contributed by atoms with E-state index in [0.29, 0.717) is 25.9 Å². The number of anilines is 2. The van der Waals surface area contributed by atoms with Gasteiger partial charge in [-0.1, -0.05) is 0 Å². The van der Waals surface area contributed by atoms with Crippen LogP contribution in [0.1, 0.15) is 25.7 Å². The Hall–Kier alpha value is -2.31. The summed E-state index contributed by atoms with van der Waals surface area (Å²) < 4.78 is 0.